The Kier molecular flexibility index (Phi) is 6.16. The van der Waals surface area contributed by atoms with Gasteiger partial charge in [0.2, 0.25) is 10.0 Å². The first-order chi connectivity index (χ1) is 11.5. The Bertz CT molecular complexity index is 968. The summed E-state index contributed by atoms with van der Waals surface area (Å²) in [5, 5.41) is 2.14. The molecule has 6 nitrogen and oxygen atoms in total. The second kappa shape index (κ2) is 7.63. The number of nitrogens with one attached hydrogen (secondary N) is 1. The van der Waals surface area contributed by atoms with Crippen LogP contribution in [0.25, 0.3) is 0 Å². The summed E-state index contributed by atoms with van der Waals surface area (Å²) in [5.41, 5.74) is 0.927. The minimum absolute atomic E-state index is 0.116. The van der Waals surface area contributed by atoms with Crippen LogP contribution < -0.4 is 4.72 Å². The third kappa shape index (κ3) is 4.95. The number of thiophene rings is 1. The van der Waals surface area contributed by atoms with Gasteiger partial charge in [-0.05, 0) is 42.5 Å². The number of likely N-dealkylation sites (N-methyl/N-ethyl adjacent to an activating group) is 1. The Morgan fingerprint density at radius 2 is 1.88 bits per heavy atom. The number of hydrogen-bond acceptors (Lipinski definition) is 5. The van der Waals surface area contributed by atoms with E-state index in [1.807, 2.05) is 0 Å². The van der Waals surface area contributed by atoms with Crippen LogP contribution in [0.2, 0.25) is 5.02 Å². The highest BCUT2D eigenvalue weighted by molar-refractivity contribution is 7.92. The van der Waals surface area contributed by atoms with Gasteiger partial charge < -0.3 is 0 Å². The van der Waals surface area contributed by atoms with Gasteiger partial charge in [-0.25, -0.2) is 21.1 Å². The molecule has 1 heterocycles. The second-order valence-electron chi connectivity index (χ2n) is 5.56. The Hall–Kier alpha value is -1.13. The molecular weight excluding hydrogens is 404 g/mol. The van der Waals surface area contributed by atoms with E-state index in [1.165, 1.54) is 28.8 Å². The zero-order valence-electron chi connectivity index (χ0n) is 14.0. The van der Waals surface area contributed by atoms with Gasteiger partial charge >= 0.3 is 0 Å². The average Bonchev–Trinajstić information content (AvgIpc) is 2.92. The number of rotatable bonds is 7. The molecule has 0 amide bonds. The molecule has 0 saturated heterocycles. The summed E-state index contributed by atoms with van der Waals surface area (Å²) >= 11 is 7.38. The van der Waals surface area contributed by atoms with Crippen molar-refractivity contribution in [3.63, 3.8) is 0 Å². The summed E-state index contributed by atoms with van der Waals surface area (Å²) in [6, 6.07) is 6.37. The summed E-state index contributed by atoms with van der Waals surface area (Å²) in [6.45, 7) is 1.91. The maximum atomic E-state index is 12.7. The molecule has 0 saturated carbocycles. The topological polar surface area (TPSA) is 83.6 Å². The van der Waals surface area contributed by atoms with Gasteiger partial charge in [0, 0.05) is 23.5 Å². The molecule has 138 valence electrons. The lowest BCUT2D eigenvalue weighted by Gasteiger charge is -2.15. The third-order valence-electron chi connectivity index (χ3n) is 3.72. The third-order valence-corrected chi connectivity index (χ3v) is 7.93. The van der Waals surface area contributed by atoms with Crippen molar-refractivity contribution in [1.29, 1.82) is 0 Å². The minimum atomic E-state index is -3.79. The minimum Gasteiger partial charge on any atom is -0.278 e. The lowest BCUT2D eigenvalue weighted by atomic mass is 10.2. The van der Waals surface area contributed by atoms with Crippen LogP contribution in [-0.2, 0) is 26.5 Å². The van der Waals surface area contributed by atoms with Gasteiger partial charge in [-0.3, -0.25) is 4.72 Å². The van der Waals surface area contributed by atoms with E-state index in [0.29, 0.717) is 22.7 Å². The number of sulfonamides is 2. The number of nitrogens with zero attached hydrogens (tertiary/aromatic N) is 1. The molecule has 1 aromatic carbocycles. The Labute approximate surface area is 157 Å². The molecule has 0 aliphatic rings. The molecule has 0 radical (unpaired) electrons. The van der Waals surface area contributed by atoms with Crippen LogP contribution in [0.1, 0.15) is 10.4 Å². The smallest absolute Gasteiger partial charge is 0.262 e. The normalized spacial score (nSPS) is 12.5. The summed E-state index contributed by atoms with van der Waals surface area (Å²) < 4.78 is 52.0. The van der Waals surface area contributed by atoms with Crippen molar-refractivity contribution in [3.8, 4) is 0 Å². The van der Waals surface area contributed by atoms with Gasteiger partial charge in [0.15, 0.2) is 0 Å². The Morgan fingerprint density at radius 3 is 2.52 bits per heavy atom. The van der Waals surface area contributed by atoms with Crippen molar-refractivity contribution in [2.45, 2.75) is 18.2 Å². The summed E-state index contributed by atoms with van der Waals surface area (Å²) in [6.07, 6.45) is 1.54. The number of halogens is 1. The first-order valence-corrected chi connectivity index (χ1v) is 11.9. The fourth-order valence-corrected chi connectivity index (χ4v) is 5.03. The standard InChI is InChI=1S/C15H19ClN2O4S3/c1-11-12(16)5-4-6-15(11)25(21,22)17-13-8-10-23-14(13)7-9-18(2)24(3,19)20/h4-6,8,10,17H,7,9H2,1-3H3. The van der Waals surface area contributed by atoms with Crippen molar-refractivity contribution >= 4 is 48.7 Å². The monoisotopic (exact) mass is 422 g/mol. The van der Waals surface area contributed by atoms with Crippen molar-refractivity contribution in [2.75, 3.05) is 24.6 Å². The molecule has 0 atom stereocenters. The highest BCUT2D eigenvalue weighted by Crippen LogP contribution is 2.28. The lowest BCUT2D eigenvalue weighted by Crippen LogP contribution is -2.27. The molecule has 0 unspecified atom stereocenters. The first-order valence-electron chi connectivity index (χ1n) is 7.28. The maximum Gasteiger partial charge on any atom is 0.262 e. The highest BCUT2D eigenvalue weighted by atomic mass is 35.5. The molecule has 0 bridgehead atoms. The summed E-state index contributed by atoms with van der Waals surface area (Å²) in [5.74, 6) is 0. The molecule has 2 rings (SSSR count). The zero-order valence-corrected chi connectivity index (χ0v) is 17.2. The molecular formula is C15H19ClN2O4S3. The number of anilines is 1. The van der Waals surface area contributed by atoms with Gasteiger partial charge in [0.25, 0.3) is 10.0 Å². The van der Waals surface area contributed by atoms with Gasteiger partial charge in [-0.1, -0.05) is 17.7 Å². The van der Waals surface area contributed by atoms with E-state index >= 15 is 0 Å². The maximum absolute atomic E-state index is 12.7. The van der Waals surface area contributed by atoms with E-state index < -0.39 is 20.0 Å². The van der Waals surface area contributed by atoms with E-state index in [2.05, 4.69) is 4.72 Å². The van der Waals surface area contributed by atoms with Crippen molar-refractivity contribution < 1.29 is 16.8 Å². The zero-order chi connectivity index (χ0) is 18.8. The number of hydrogen-bond donors (Lipinski definition) is 1. The van der Waals surface area contributed by atoms with Gasteiger partial charge in [-0.15, -0.1) is 11.3 Å². The van der Waals surface area contributed by atoms with Crippen LogP contribution in [0, 0.1) is 6.92 Å². The number of benzene rings is 1. The highest BCUT2D eigenvalue weighted by Gasteiger charge is 2.20. The van der Waals surface area contributed by atoms with Crippen molar-refractivity contribution in [3.05, 3.63) is 45.1 Å². The Morgan fingerprint density at radius 1 is 1.20 bits per heavy atom. The van der Waals surface area contributed by atoms with Gasteiger partial charge in [0.1, 0.15) is 0 Å². The summed E-state index contributed by atoms with van der Waals surface area (Å²) in [4.78, 5) is 0.879. The van der Waals surface area contributed by atoms with E-state index in [0.717, 1.165) is 11.1 Å². The van der Waals surface area contributed by atoms with Crippen molar-refractivity contribution in [2.24, 2.45) is 0 Å². The van der Waals surface area contributed by atoms with Crippen LogP contribution in [0.3, 0.4) is 0 Å². The van der Waals surface area contributed by atoms with E-state index in [-0.39, 0.29) is 11.4 Å². The van der Waals surface area contributed by atoms with E-state index in [1.54, 1.807) is 30.5 Å². The predicted molar refractivity (Wildman–Crippen MR) is 102 cm³/mol. The second-order valence-corrected chi connectivity index (χ2v) is 10.7. The fourth-order valence-electron chi connectivity index (χ4n) is 2.13. The van der Waals surface area contributed by atoms with Gasteiger partial charge in [-0.2, -0.15) is 0 Å². The lowest BCUT2D eigenvalue weighted by molar-refractivity contribution is 0.479. The quantitative estimate of drug-likeness (QED) is 0.743. The average molecular weight is 423 g/mol. The van der Waals surface area contributed by atoms with Crippen LogP contribution in [0.15, 0.2) is 34.5 Å². The molecule has 1 aromatic heterocycles. The largest absolute Gasteiger partial charge is 0.278 e. The predicted octanol–water partition coefficient (Wildman–Crippen LogP) is 2.94. The molecule has 0 fully saturated rings. The van der Waals surface area contributed by atoms with Crippen LogP contribution in [0.5, 0.6) is 0 Å². The molecule has 0 aliphatic heterocycles. The first kappa shape index (κ1) is 20.2. The molecule has 1 N–H and O–H groups in total. The summed E-state index contributed by atoms with van der Waals surface area (Å²) in [7, 11) is -5.57. The van der Waals surface area contributed by atoms with E-state index in [9.17, 15) is 16.8 Å². The molecule has 2 aromatic rings. The van der Waals surface area contributed by atoms with Gasteiger partial charge in [0.05, 0.1) is 16.8 Å². The van der Waals surface area contributed by atoms with Crippen molar-refractivity contribution in [1.82, 2.24) is 4.31 Å². The molecule has 0 aliphatic carbocycles. The van der Waals surface area contributed by atoms with Crippen LogP contribution in [0.4, 0.5) is 5.69 Å². The molecule has 0 spiro atoms. The fraction of sp³-hybridized carbons (Fsp3) is 0.333. The SMILES string of the molecule is Cc1c(Cl)cccc1S(=O)(=O)Nc1ccsc1CCN(C)S(C)(=O)=O. The van der Waals surface area contributed by atoms with Crippen LogP contribution in [-0.4, -0.2) is 41.0 Å². The molecule has 25 heavy (non-hydrogen) atoms. The van der Waals surface area contributed by atoms with Crippen LogP contribution >= 0.6 is 22.9 Å². The van der Waals surface area contributed by atoms with E-state index in [4.69, 9.17) is 11.6 Å². The molecule has 10 heteroatoms. The Balaban J connectivity index is 2.21.